The Morgan fingerprint density at radius 1 is 1.32 bits per heavy atom. The summed E-state index contributed by atoms with van der Waals surface area (Å²) in [7, 11) is 0. The van der Waals surface area contributed by atoms with Crippen molar-refractivity contribution in [2.75, 3.05) is 0 Å². The summed E-state index contributed by atoms with van der Waals surface area (Å²) in [6, 6.07) is 7.03. The summed E-state index contributed by atoms with van der Waals surface area (Å²) >= 11 is 0. The van der Waals surface area contributed by atoms with Crippen LogP contribution in [0.3, 0.4) is 0 Å². The normalized spacial score (nSPS) is 18.5. The second kappa shape index (κ2) is 4.19. The zero-order valence-corrected chi connectivity index (χ0v) is 10.9. The molecular weight excluding hydrogens is 242 g/mol. The van der Waals surface area contributed by atoms with E-state index in [0.717, 1.165) is 0 Å². The van der Waals surface area contributed by atoms with E-state index in [0.29, 0.717) is 16.7 Å². The number of hydrogen-bond acceptors (Lipinski definition) is 3. The molecule has 1 unspecified atom stereocenters. The Labute approximate surface area is 110 Å². The number of rotatable bonds is 1. The van der Waals surface area contributed by atoms with E-state index in [1.165, 1.54) is 4.57 Å². The molecule has 1 aliphatic rings. The average Bonchev–Trinajstić information content (AvgIpc) is 2.39. The van der Waals surface area contributed by atoms with Gasteiger partial charge in [0.05, 0.1) is 16.9 Å². The number of nitrogens with one attached hydrogen (secondary N) is 1. The summed E-state index contributed by atoms with van der Waals surface area (Å²) in [5, 5.41) is 3.46. The molecule has 0 aliphatic carbocycles. The van der Waals surface area contributed by atoms with Crippen molar-refractivity contribution in [1.29, 1.82) is 0 Å². The van der Waals surface area contributed by atoms with E-state index in [4.69, 9.17) is 0 Å². The molecule has 3 rings (SSSR count). The van der Waals surface area contributed by atoms with Gasteiger partial charge in [-0.15, -0.1) is 0 Å². The van der Waals surface area contributed by atoms with Gasteiger partial charge in [0.15, 0.2) is 0 Å². The molecule has 1 aromatic carbocycles. The van der Waals surface area contributed by atoms with Crippen molar-refractivity contribution in [3.05, 3.63) is 40.4 Å². The van der Waals surface area contributed by atoms with Crippen LogP contribution in [0.5, 0.6) is 0 Å². The van der Waals surface area contributed by atoms with E-state index in [-0.39, 0.29) is 30.0 Å². The SMILES string of the molecule is CC(C)C1NC(=O)Cn2c1nc1ccccc1c2=O. The maximum Gasteiger partial charge on any atom is 0.261 e. The molecule has 1 aliphatic heterocycles. The van der Waals surface area contributed by atoms with Gasteiger partial charge in [-0.05, 0) is 18.1 Å². The summed E-state index contributed by atoms with van der Waals surface area (Å²) < 4.78 is 1.49. The first kappa shape index (κ1) is 11.9. The largest absolute Gasteiger partial charge is 0.344 e. The van der Waals surface area contributed by atoms with Crippen LogP contribution in [-0.2, 0) is 11.3 Å². The van der Waals surface area contributed by atoms with Crippen molar-refractivity contribution in [2.24, 2.45) is 5.92 Å². The third-order valence-corrected chi connectivity index (χ3v) is 3.45. The lowest BCUT2D eigenvalue weighted by molar-refractivity contribution is -0.124. The van der Waals surface area contributed by atoms with E-state index in [2.05, 4.69) is 10.3 Å². The number of nitrogens with zero attached hydrogens (tertiary/aromatic N) is 2. The van der Waals surface area contributed by atoms with Crippen LogP contribution in [0, 0.1) is 5.92 Å². The lowest BCUT2D eigenvalue weighted by Gasteiger charge is -2.29. The predicted molar refractivity (Wildman–Crippen MR) is 71.7 cm³/mol. The van der Waals surface area contributed by atoms with E-state index >= 15 is 0 Å². The van der Waals surface area contributed by atoms with Gasteiger partial charge < -0.3 is 5.32 Å². The molecule has 0 saturated carbocycles. The first-order valence-electron chi connectivity index (χ1n) is 6.37. The Hall–Kier alpha value is -2.17. The number of para-hydroxylation sites is 1. The van der Waals surface area contributed by atoms with E-state index in [1.807, 2.05) is 26.0 Å². The number of fused-ring (bicyclic) bond motifs is 2. The number of aromatic nitrogens is 2. The van der Waals surface area contributed by atoms with E-state index in [1.54, 1.807) is 12.1 Å². The van der Waals surface area contributed by atoms with Crippen LogP contribution in [0.15, 0.2) is 29.1 Å². The second-order valence-electron chi connectivity index (χ2n) is 5.17. The quantitative estimate of drug-likeness (QED) is 0.835. The van der Waals surface area contributed by atoms with Crippen LogP contribution < -0.4 is 10.9 Å². The van der Waals surface area contributed by atoms with Gasteiger partial charge in [0.25, 0.3) is 5.56 Å². The van der Waals surface area contributed by atoms with Crippen LogP contribution >= 0.6 is 0 Å². The summed E-state index contributed by atoms with van der Waals surface area (Å²) in [5.74, 6) is 0.701. The van der Waals surface area contributed by atoms with Gasteiger partial charge in [0.2, 0.25) is 5.91 Å². The lowest BCUT2D eigenvalue weighted by Crippen LogP contribution is -2.45. The fourth-order valence-electron chi connectivity index (χ4n) is 2.47. The predicted octanol–water partition coefficient (Wildman–Crippen LogP) is 1.22. The molecule has 0 fully saturated rings. The Bertz CT molecular complexity index is 718. The summed E-state index contributed by atoms with van der Waals surface area (Å²) in [4.78, 5) is 28.7. The van der Waals surface area contributed by atoms with Gasteiger partial charge in [0, 0.05) is 0 Å². The van der Waals surface area contributed by atoms with Crippen molar-refractivity contribution < 1.29 is 4.79 Å². The number of carbonyl (C=O) groups is 1. The molecule has 0 saturated heterocycles. The molecule has 1 aromatic heterocycles. The minimum Gasteiger partial charge on any atom is -0.344 e. The highest BCUT2D eigenvalue weighted by atomic mass is 16.2. The second-order valence-corrected chi connectivity index (χ2v) is 5.17. The number of benzene rings is 1. The summed E-state index contributed by atoms with van der Waals surface area (Å²) in [6.07, 6.45) is 0. The van der Waals surface area contributed by atoms with Crippen molar-refractivity contribution in [3.63, 3.8) is 0 Å². The van der Waals surface area contributed by atoms with Crippen LogP contribution in [0.4, 0.5) is 0 Å². The summed E-state index contributed by atoms with van der Waals surface area (Å²) in [6.45, 7) is 4.05. The van der Waals surface area contributed by atoms with Crippen LogP contribution in [0.1, 0.15) is 25.7 Å². The standard InChI is InChI=1S/C14H15N3O2/c1-8(2)12-13-15-10-6-4-3-5-9(10)14(19)17(13)7-11(18)16-12/h3-6,8,12H,7H2,1-2H3,(H,16,18). The fourth-order valence-corrected chi connectivity index (χ4v) is 2.47. The van der Waals surface area contributed by atoms with Gasteiger partial charge in [-0.2, -0.15) is 0 Å². The maximum atomic E-state index is 12.4. The van der Waals surface area contributed by atoms with Gasteiger partial charge in [-0.3, -0.25) is 14.2 Å². The Kier molecular flexibility index (Phi) is 2.62. The van der Waals surface area contributed by atoms with Gasteiger partial charge >= 0.3 is 0 Å². The van der Waals surface area contributed by atoms with Crippen molar-refractivity contribution in [2.45, 2.75) is 26.4 Å². The molecule has 2 aromatic rings. The smallest absolute Gasteiger partial charge is 0.261 e. The summed E-state index contributed by atoms with van der Waals surface area (Å²) in [5.41, 5.74) is 0.543. The molecule has 2 heterocycles. The van der Waals surface area contributed by atoms with Gasteiger partial charge in [-0.1, -0.05) is 26.0 Å². The zero-order valence-electron chi connectivity index (χ0n) is 10.9. The molecule has 19 heavy (non-hydrogen) atoms. The van der Waals surface area contributed by atoms with E-state index in [9.17, 15) is 9.59 Å². The molecular formula is C14H15N3O2. The number of amides is 1. The first-order valence-corrected chi connectivity index (χ1v) is 6.37. The molecule has 0 spiro atoms. The Morgan fingerprint density at radius 2 is 2.05 bits per heavy atom. The topological polar surface area (TPSA) is 64.0 Å². The highest BCUT2D eigenvalue weighted by molar-refractivity contribution is 5.80. The van der Waals surface area contributed by atoms with Crippen LogP contribution in [0.2, 0.25) is 0 Å². The van der Waals surface area contributed by atoms with Crippen LogP contribution in [0.25, 0.3) is 10.9 Å². The van der Waals surface area contributed by atoms with Crippen molar-refractivity contribution in [1.82, 2.24) is 14.9 Å². The van der Waals surface area contributed by atoms with Crippen molar-refractivity contribution >= 4 is 16.8 Å². The zero-order chi connectivity index (χ0) is 13.6. The molecule has 98 valence electrons. The molecule has 1 N–H and O–H groups in total. The maximum absolute atomic E-state index is 12.4. The number of hydrogen-bond donors (Lipinski definition) is 1. The highest BCUT2D eigenvalue weighted by Gasteiger charge is 2.29. The molecule has 1 atom stereocenters. The molecule has 5 heteroatoms. The monoisotopic (exact) mass is 257 g/mol. The van der Waals surface area contributed by atoms with Crippen LogP contribution in [-0.4, -0.2) is 15.5 Å². The highest BCUT2D eigenvalue weighted by Crippen LogP contribution is 2.23. The Morgan fingerprint density at radius 3 is 2.79 bits per heavy atom. The Balaban J connectivity index is 2.33. The third-order valence-electron chi connectivity index (χ3n) is 3.45. The van der Waals surface area contributed by atoms with E-state index < -0.39 is 0 Å². The third kappa shape index (κ3) is 1.82. The minimum absolute atomic E-state index is 0.0508. The number of carbonyl (C=O) groups excluding carboxylic acids is 1. The van der Waals surface area contributed by atoms with Gasteiger partial charge in [-0.25, -0.2) is 4.98 Å². The minimum atomic E-state index is -0.210. The van der Waals surface area contributed by atoms with Gasteiger partial charge in [0.1, 0.15) is 12.4 Å². The van der Waals surface area contributed by atoms with Crippen molar-refractivity contribution in [3.8, 4) is 0 Å². The molecule has 5 nitrogen and oxygen atoms in total. The molecule has 0 radical (unpaired) electrons. The average molecular weight is 257 g/mol. The molecule has 0 bridgehead atoms. The fraction of sp³-hybridized carbons (Fsp3) is 0.357. The first-order chi connectivity index (χ1) is 9.08. The molecule has 1 amide bonds. The lowest BCUT2D eigenvalue weighted by atomic mass is 10.0.